The van der Waals surface area contributed by atoms with Gasteiger partial charge >= 0.3 is 0 Å². The molecule has 0 aliphatic carbocycles. The molecule has 100 valence electrons. The van der Waals surface area contributed by atoms with E-state index in [4.69, 9.17) is 0 Å². The Morgan fingerprint density at radius 1 is 1.20 bits per heavy atom. The van der Waals surface area contributed by atoms with Crippen LogP contribution >= 0.6 is 11.3 Å². The molecule has 0 saturated heterocycles. The summed E-state index contributed by atoms with van der Waals surface area (Å²) in [5, 5.41) is 3.10. The van der Waals surface area contributed by atoms with E-state index >= 15 is 0 Å². The lowest BCUT2D eigenvalue weighted by atomic mass is 10.0. The average Bonchev–Trinajstić information content (AvgIpc) is 2.86. The third-order valence-corrected chi connectivity index (χ3v) is 4.39. The molecule has 0 spiro atoms. The highest BCUT2D eigenvalue weighted by Gasteiger charge is 2.12. The predicted molar refractivity (Wildman–Crippen MR) is 83.6 cm³/mol. The lowest BCUT2D eigenvalue weighted by Crippen LogP contribution is -2.02. The fraction of sp³-hybridized carbons (Fsp3) is 0.176. The van der Waals surface area contributed by atoms with Crippen LogP contribution in [-0.2, 0) is 6.42 Å². The molecule has 3 aromatic rings. The number of carbonyl (C=O) groups excluding carboxylic acids is 1. The molecule has 0 amide bonds. The predicted octanol–water partition coefficient (Wildman–Crippen LogP) is 4.34. The molecule has 3 heteroatoms. The second-order valence-electron chi connectivity index (χ2n) is 5.03. The Morgan fingerprint density at radius 2 is 2.05 bits per heavy atom. The van der Waals surface area contributed by atoms with Gasteiger partial charge in [0.2, 0.25) is 0 Å². The fourth-order valence-corrected chi connectivity index (χ4v) is 3.12. The lowest BCUT2D eigenvalue weighted by Gasteiger charge is -2.05. The highest BCUT2D eigenvalue weighted by atomic mass is 32.1. The maximum absolute atomic E-state index is 12.3. The number of rotatable bonds is 3. The van der Waals surface area contributed by atoms with Gasteiger partial charge in [0.15, 0.2) is 5.78 Å². The van der Waals surface area contributed by atoms with Gasteiger partial charge in [-0.2, -0.15) is 0 Å². The van der Waals surface area contributed by atoms with Crippen molar-refractivity contribution in [2.24, 2.45) is 0 Å². The molecular weight excluding hydrogens is 266 g/mol. The third-order valence-electron chi connectivity index (χ3n) is 3.30. The number of thiophene rings is 1. The third kappa shape index (κ3) is 2.49. The van der Waals surface area contributed by atoms with E-state index in [-0.39, 0.29) is 5.78 Å². The molecule has 0 aliphatic rings. The first-order valence-electron chi connectivity index (χ1n) is 6.57. The van der Waals surface area contributed by atoms with Crippen molar-refractivity contribution in [1.82, 2.24) is 4.98 Å². The Labute approximate surface area is 122 Å². The van der Waals surface area contributed by atoms with Gasteiger partial charge < -0.3 is 0 Å². The minimum atomic E-state index is 0.166. The molecule has 0 aliphatic heterocycles. The van der Waals surface area contributed by atoms with E-state index in [1.807, 2.05) is 49.6 Å². The summed E-state index contributed by atoms with van der Waals surface area (Å²) in [4.78, 5) is 17.7. The maximum atomic E-state index is 12.3. The largest absolute Gasteiger partial charge is 0.293 e. The number of ketones is 1. The van der Waals surface area contributed by atoms with Crippen LogP contribution in [-0.4, -0.2) is 10.8 Å². The molecule has 2 aromatic heterocycles. The van der Waals surface area contributed by atoms with Gasteiger partial charge in [0.05, 0.1) is 10.4 Å². The summed E-state index contributed by atoms with van der Waals surface area (Å²) in [7, 11) is 0. The smallest absolute Gasteiger partial charge is 0.177 e. The van der Waals surface area contributed by atoms with E-state index in [2.05, 4.69) is 11.1 Å². The molecule has 1 aromatic carbocycles. The van der Waals surface area contributed by atoms with Crippen LogP contribution in [0.15, 0.2) is 41.8 Å². The summed E-state index contributed by atoms with van der Waals surface area (Å²) in [5.41, 5.74) is 4.06. The van der Waals surface area contributed by atoms with Crippen molar-refractivity contribution in [3.63, 3.8) is 0 Å². The van der Waals surface area contributed by atoms with E-state index in [1.165, 1.54) is 11.3 Å². The van der Waals surface area contributed by atoms with Crippen molar-refractivity contribution < 1.29 is 4.79 Å². The zero-order chi connectivity index (χ0) is 14.1. The monoisotopic (exact) mass is 281 g/mol. The molecular formula is C17H15NOS. The molecule has 20 heavy (non-hydrogen) atoms. The number of pyridine rings is 1. The molecule has 2 heterocycles. The van der Waals surface area contributed by atoms with Crippen molar-refractivity contribution >= 4 is 28.0 Å². The Balaban J connectivity index is 1.98. The van der Waals surface area contributed by atoms with E-state index in [9.17, 15) is 4.79 Å². The number of hydrogen-bond donors (Lipinski definition) is 0. The molecule has 0 unspecified atom stereocenters. The van der Waals surface area contributed by atoms with Gasteiger partial charge in [0, 0.05) is 17.5 Å². The zero-order valence-electron chi connectivity index (χ0n) is 11.5. The number of Topliss-reactive ketones (excluding diaryl/α,β-unsaturated/α-hetero) is 1. The summed E-state index contributed by atoms with van der Waals surface area (Å²) in [6.45, 7) is 3.98. The second kappa shape index (κ2) is 5.17. The molecule has 0 atom stereocenters. The summed E-state index contributed by atoms with van der Waals surface area (Å²) in [6, 6.07) is 12.0. The number of nitrogens with zero attached hydrogens (tertiary/aromatic N) is 1. The molecule has 0 radical (unpaired) electrons. The van der Waals surface area contributed by atoms with Crippen molar-refractivity contribution in [2.45, 2.75) is 20.3 Å². The highest BCUT2D eigenvalue weighted by molar-refractivity contribution is 7.12. The van der Waals surface area contributed by atoms with Crippen LogP contribution in [0.4, 0.5) is 0 Å². The van der Waals surface area contributed by atoms with E-state index < -0.39 is 0 Å². The first-order chi connectivity index (χ1) is 9.63. The van der Waals surface area contributed by atoms with Gasteiger partial charge in [-0.05, 0) is 42.5 Å². The van der Waals surface area contributed by atoms with Crippen molar-refractivity contribution in [2.75, 3.05) is 0 Å². The van der Waals surface area contributed by atoms with Gasteiger partial charge in [-0.1, -0.05) is 24.3 Å². The first-order valence-corrected chi connectivity index (χ1v) is 7.45. The topological polar surface area (TPSA) is 30.0 Å². The number of aryl methyl sites for hydroxylation is 2. The zero-order valence-corrected chi connectivity index (χ0v) is 12.3. The van der Waals surface area contributed by atoms with E-state index in [0.29, 0.717) is 6.42 Å². The van der Waals surface area contributed by atoms with Gasteiger partial charge in [0.1, 0.15) is 0 Å². The average molecular weight is 281 g/mol. The number of aromatic nitrogens is 1. The van der Waals surface area contributed by atoms with Crippen LogP contribution in [0, 0.1) is 13.8 Å². The van der Waals surface area contributed by atoms with Gasteiger partial charge in [-0.15, -0.1) is 11.3 Å². The summed E-state index contributed by atoms with van der Waals surface area (Å²) in [6.07, 6.45) is 0.410. The molecule has 0 fully saturated rings. The summed E-state index contributed by atoms with van der Waals surface area (Å²) < 4.78 is 0. The summed E-state index contributed by atoms with van der Waals surface area (Å²) in [5.74, 6) is 0.166. The van der Waals surface area contributed by atoms with Crippen molar-refractivity contribution in [3.8, 4) is 0 Å². The Kier molecular flexibility index (Phi) is 3.36. The standard InChI is InChI=1S/C17H15NOS/c1-11-8-16(20-10-11)15(19)9-14-5-3-4-13-7-6-12(2)18-17(13)14/h3-8,10H,9H2,1-2H3. The van der Waals surface area contributed by atoms with Crippen LogP contribution < -0.4 is 0 Å². The van der Waals surface area contributed by atoms with Crippen molar-refractivity contribution in [3.05, 3.63) is 63.5 Å². The number of benzene rings is 1. The molecule has 3 rings (SSSR count). The van der Waals surface area contributed by atoms with Crippen LogP contribution in [0.25, 0.3) is 10.9 Å². The summed E-state index contributed by atoms with van der Waals surface area (Å²) >= 11 is 1.52. The normalized spacial score (nSPS) is 10.9. The number of fused-ring (bicyclic) bond motifs is 1. The lowest BCUT2D eigenvalue weighted by molar-refractivity contribution is 0.0997. The van der Waals surface area contributed by atoms with Gasteiger partial charge in [-0.25, -0.2) is 0 Å². The molecule has 0 saturated carbocycles. The van der Waals surface area contributed by atoms with Gasteiger partial charge in [-0.3, -0.25) is 9.78 Å². The Hall–Kier alpha value is -2.00. The minimum Gasteiger partial charge on any atom is -0.293 e. The van der Waals surface area contributed by atoms with Crippen LogP contribution in [0.2, 0.25) is 0 Å². The fourth-order valence-electron chi connectivity index (χ4n) is 2.29. The molecule has 0 bridgehead atoms. The molecule has 0 N–H and O–H groups in total. The number of hydrogen-bond acceptors (Lipinski definition) is 3. The maximum Gasteiger partial charge on any atom is 0.177 e. The van der Waals surface area contributed by atoms with E-state index in [0.717, 1.165) is 32.6 Å². The number of carbonyl (C=O) groups is 1. The van der Waals surface area contributed by atoms with Crippen molar-refractivity contribution in [1.29, 1.82) is 0 Å². The Bertz CT molecular complexity index is 789. The van der Waals surface area contributed by atoms with E-state index in [1.54, 1.807) is 0 Å². The van der Waals surface area contributed by atoms with Crippen LogP contribution in [0.5, 0.6) is 0 Å². The highest BCUT2D eigenvalue weighted by Crippen LogP contribution is 2.21. The SMILES string of the molecule is Cc1csc(C(=O)Cc2cccc3ccc(C)nc23)c1. The second-order valence-corrected chi connectivity index (χ2v) is 5.94. The minimum absolute atomic E-state index is 0.166. The molecule has 2 nitrogen and oxygen atoms in total. The Morgan fingerprint density at radius 3 is 2.80 bits per heavy atom. The van der Waals surface area contributed by atoms with Gasteiger partial charge in [0.25, 0.3) is 0 Å². The van der Waals surface area contributed by atoms with Crippen LogP contribution in [0.3, 0.4) is 0 Å². The first kappa shape index (κ1) is 13.0. The number of para-hydroxylation sites is 1. The van der Waals surface area contributed by atoms with Crippen LogP contribution in [0.1, 0.15) is 26.5 Å². The quantitative estimate of drug-likeness (QED) is 0.668.